The van der Waals surface area contributed by atoms with Crippen molar-refractivity contribution in [2.24, 2.45) is 5.92 Å². The molecule has 17 rings (SSSR count). The SMILES string of the molecule is C1=CC2SC3=C(CC(B(c4ccc5sc6ccccc6c5c4)c4ccc5c(c4)c4cc6c7ccccc7n(-c7ccc(B(CCc8ccccc8)c8ccccc8)cc7)c6cc4n5-c4ccc(B(c5ccccc5)c5ccccc5)cc4)C=C3)C2C=C1. The summed E-state index contributed by atoms with van der Waals surface area (Å²) in [6.45, 7) is 0.482. The molecule has 14 aromatic rings. The van der Waals surface area contributed by atoms with Crippen LogP contribution in [-0.2, 0) is 6.42 Å². The number of benzene rings is 11. The van der Waals surface area contributed by atoms with Gasteiger partial charge in [0.05, 0.1) is 22.1 Å². The fraction of sp³-hybridized carbons (Fsp3) is 0.0750. The molecule has 87 heavy (non-hydrogen) atoms. The van der Waals surface area contributed by atoms with Gasteiger partial charge in [0.25, 0.3) is 0 Å². The summed E-state index contributed by atoms with van der Waals surface area (Å²) in [5.41, 5.74) is 19.3. The summed E-state index contributed by atoms with van der Waals surface area (Å²) < 4.78 is 7.75. The fourth-order valence-corrected chi connectivity index (χ4v) is 17.6. The summed E-state index contributed by atoms with van der Waals surface area (Å²) in [6.07, 6.45) is 17.5. The van der Waals surface area contributed by atoms with Gasteiger partial charge in [-0.1, -0.05) is 287 Å². The Labute approximate surface area is 517 Å². The van der Waals surface area contributed by atoms with Crippen LogP contribution in [0.1, 0.15) is 12.0 Å². The quantitative estimate of drug-likeness (QED) is 0.105. The van der Waals surface area contributed by atoms with Crippen LogP contribution >= 0.6 is 23.1 Å². The Morgan fingerprint density at radius 2 is 0.908 bits per heavy atom. The van der Waals surface area contributed by atoms with E-state index in [2.05, 4.69) is 313 Å². The van der Waals surface area contributed by atoms with Gasteiger partial charge in [-0.2, -0.15) is 0 Å². The molecule has 3 atom stereocenters. The minimum Gasteiger partial charge on any atom is -0.309 e. The monoisotopic (exact) mass is 1140 g/mol. The summed E-state index contributed by atoms with van der Waals surface area (Å²) in [5, 5.41) is 8.20. The molecule has 0 spiro atoms. The first-order valence-corrected chi connectivity index (χ1v) is 32.6. The van der Waals surface area contributed by atoms with Crippen molar-refractivity contribution >= 4 is 145 Å². The topological polar surface area (TPSA) is 9.86 Å². The van der Waals surface area contributed by atoms with Crippen LogP contribution in [0.5, 0.6) is 0 Å². The second kappa shape index (κ2) is 21.9. The molecule has 0 fully saturated rings. The van der Waals surface area contributed by atoms with Crippen LogP contribution in [0.15, 0.2) is 314 Å². The molecule has 410 valence electrons. The second-order valence-corrected chi connectivity index (χ2v) is 26.4. The Bertz CT molecular complexity index is 5020. The first kappa shape index (κ1) is 52.1. The zero-order chi connectivity index (χ0) is 57.4. The third kappa shape index (κ3) is 9.21. The number of hydrogen-bond donors (Lipinski definition) is 0. The molecule has 0 saturated carbocycles. The molecule has 7 heteroatoms. The van der Waals surface area contributed by atoms with E-state index in [1.165, 1.54) is 112 Å². The van der Waals surface area contributed by atoms with Crippen LogP contribution in [0.3, 0.4) is 0 Å². The number of aryl methyl sites for hydroxylation is 1. The molecule has 3 aromatic heterocycles. The maximum Gasteiger partial charge on any atom is 0.241 e. The van der Waals surface area contributed by atoms with Crippen LogP contribution in [0.2, 0.25) is 12.1 Å². The van der Waals surface area contributed by atoms with Crippen LogP contribution in [0.25, 0.3) is 75.2 Å². The highest BCUT2D eigenvalue weighted by molar-refractivity contribution is 8.04. The molecular formula is C80H59B3N2S2. The lowest BCUT2D eigenvalue weighted by Gasteiger charge is -2.28. The Hall–Kier alpha value is -9.26. The highest BCUT2D eigenvalue weighted by Gasteiger charge is 2.39. The number of aromatic nitrogens is 2. The third-order valence-corrected chi connectivity index (χ3v) is 21.7. The minimum absolute atomic E-state index is 0.0962. The highest BCUT2D eigenvalue weighted by Crippen LogP contribution is 2.51. The summed E-state index contributed by atoms with van der Waals surface area (Å²) in [5.74, 6) is 0.709. The van der Waals surface area contributed by atoms with E-state index in [9.17, 15) is 0 Å². The molecule has 4 heterocycles. The molecule has 0 saturated heterocycles. The summed E-state index contributed by atoms with van der Waals surface area (Å²) in [4.78, 5) is 1.47. The molecular weight excluding hydrogens is 1090 g/mol. The van der Waals surface area contributed by atoms with Gasteiger partial charge in [-0.05, 0) is 95.8 Å². The van der Waals surface area contributed by atoms with E-state index in [4.69, 9.17) is 0 Å². The lowest BCUT2D eigenvalue weighted by Crippen LogP contribution is -2.51. The molecule has 3 unspecified atom stereocenters. The van der Waals surface area contributed by atoms with E-state index in [1.54, 1.807) is 5.57 Å². The molecule has 0 amide bonds. The van der Waals surface area contributed by atoms with Crippen molar-refractivity contribution < 1.29 is 0 Å². The van der Waals surface area contributed by atoms with Crippen molar-refractivity contribution in [1.82, 2.24) is 9.13 Å². The maximum absolute atomic E-state index is 2.59. The van der Waals surface area contributed by atoms with Gasteiger partial charge in [0.2, 0.25) is 20.1 Å². The molecule has 0 bridgehead atoms. The fourth-order valence-electron chi connectivity index (χ4n) is 15.1. The van der Waals surface area contributed by atoms with Gasteiger partial charge in [-0.3, -0.25) is 0 Å². The van der Waals surface area contributed by atoms with Crippen molar-refractivity contribution in [3.8, 4) is 11.4 Å². The van der Waals surface area contributed by atoms with Crippen molar-refractivity contribution in [2.75, 3.05) is 0 Å². The highest BCUT2D eigenvalue weighted by atomic mass is 32.2. The molecule has 11 aromatic carbocycles. The standard InChI is InChI=1S/C80H59B3N2S2/c1-5-19-54(20-6-1)47-48-81(55-21-7-2-8-22-55)56-33-40-63(41-34-56)84-73-30-16-13-27-65(73)69-52-70-68-49-60(37-44-74(68)85(76(70)53-75(69)84)64-42-35-59(36-43-64)82(57-23-9-3-10-24-57)58-25-11-4-12-26-58)83(61-38-45-79-71(50-61)66-28-14-17-31-77(66)86-79)62-39-46-80-72(51-62)67-29-15-18-32-78(67)87-80/h1-46,49-50,52-53,62,67,78H,47-48,51H2. The summed E-state index contributed by atoms with van der Waals surface area (Å²) in [7, 11) is 0. The molecule has 2 nitrogen and oxygen atoms in total. The van der Waals surface area contributed by atoms with Crippen LogP contribution in [-0.4, -0.2) is 34.5 Å². The smallest absolute Gasteiger partial charge is 0.241 e. The molecule has 3 aliphatic rings. The van der Waals surface area contributed by atoms with E-state index >= 15 is 0 Å². The minimum atomic E-state index is 0.0962. The number of thiophene rings is 1. The Kier molecular flexibility index (Phi) is 13.1. The summed E-state index contributed by atoms with van der Waals surface area (Å²) in [6, 6.07) is 101. The van der Waals surface area contributed by atoms with Gasteiger partial charge in [0, 0.05) is 63.8 Å². The van der Waals surface area contributed by atoms with Crippen LogP contribution in [0.4, 0.5) is 0 Å². The predicted octanol–water partition coefficient (Wildman–Crippen LogP) is 15.7. The van der Waals surface area contributed by atoms with E-state index in [-0.39, 0.29) is 26.0 Å². The average Bonchev–Trinajstić information content (AvgIpc) is 1.91. The average molecular weight is 1140 g/mol. The molecule has 2 aliphatic carbocycles. The van der Waals surface area contributed by atoms with Crippen LogP contribution in [0, 0.1) is 5.92 Å². The number of hydrogen-bond acceptors (Lipinski definition) is 2. The lowest BCUT2D eigenvalue weighted by atomic mass is 9.32. The first-order chi connectivity index (χ1) is 43.1. The molecule has 0 radical (unpaired) electrons. The first-order valence-electron chi connectivity index (χ1n) is 30.9. The Morgan fingerprint density at radius 3 is 1.62 bits per heavy atom. The zero-order valence-corrected chi connectivity index (χ0v) is 49.8. The zero-order valence-electron chi connectivity index (χ0n) is 48.2. The van der Waals surface area contributed by atoms with Gasteiger partial charge in [-0.15, -0.1) is 23.1 Å². The van der Waals surface area contributed by atoms with E-state index in [1.807, 2.05) is 23.1 Å². The largest absolute Gasteiger partial charge is 0.309 e. The van der Waals surface area contributed by atoms with Crippen molar-refractivity contribution in [1.29, 1.82) is 0 Å². The number of para-hydroxylation sites is 1. The molecule has 1 aliphatic heterocycles. The normalized spacial score (nSPS) is 16.2. The van der Waals surface area contributed by atoms with Gasteiger partial charge in [0.1, 0.15) is 0 Å². The number of fused-ring (bicyclic) bond motifs is 11. The third-order valence-electron chi connectivity index (χ3n) is 19.2. The van der Waals surface area contributed by atoms with E-state index in [0.717, 1.165) is 30.5 Å². The lowest BCUT2D eigenvalue weighted by molar-refractivity contribution is 0.734. The van der Waals surface area contributed by atoms with Crippen molar-refractivity contribution in [2.45, 2.75) is 30.2 Å². The second-order valence-electron chi connectivity index (χ2n) is 24.1. The van der Waals surface area contributed by atoms with E-state index in [0.29, 0.717) is 11.2 Å². The van der Waals surface area contributed by atoms with Gasteiger partial charge >= 0.3 is 0 Å². The summed E-state index contributed by atoms with van der Waals surface area (Å²) >= 11 is 3.95. The number of allylic oxidation sites excluding steroid dienone is 6. The predicted molar refractivity (Wildman–Crippen MR) is 381 cm³/mol. The van der Waals surface area contributed by atoms with Gasteiger partial charge in [-0.25, -0.2) is 0 Å². The Morgan fingerprint density at radius 1 is 0.391 bits per heavy atom. The number of thioether (sulfide) groups is 1. The van der Waals surface area contributed by atoms with Gasteiger partial charge < -0.3 is 9.13 Å². The number of nitrogens with zero attached hydrogens (tertiary/aromatic N) is 2. The Balaban J connectivity index is 0.850. The molecule has 0 N–H and O–H groups in total. The van der Waals surface area contributed by atoms with Gasteiger partial charge in [0.15, 0.2) is 0 Å². The number of rotatable bonds is 13. The van der Waals surface area contributed by atoms with Crippen molar-refractivity contribution in [3.05, 3.63) is 319 Å². The van der Waals surface area contributed by atoms with Crippen molar-refractivity contribution in [3.63, 3.8) is 0 Å². The van der Waals surface area contributed by atoms with E-state index < -0.39 is 0 Å². The maximum atomic E-state index is 2.59. The van der Waals surface area contributed by atoms with Crippen LogP contribution < -0.4 is 38.2 Å².